The zero-order chi connectivity index (χ0) is 23.1. The number of pyridine rings is 1. The van der Waals surface area contributed by atoms with E-state index in [9.17, 15) is 9.18 Å². The van der Waals surface area contributed by atoms with Gasteiger partial charge in [0.05, 0.1) is 37.4 Å². The first-order valence-electron chi connectivity index (χ1n) is 10.3. The van der Waals surface area contributed by atoms with Crippen molar-refractivity contribution in [1.82, 2.24) is 19.2 Å². The molecule has 8 heteroatoms. The topological polar surface area (TPSA) is 70.6 Å². The highest BCUT2D eigenvalue weighted by Gasteiger charge is 2.16. The first kappa shape index (κ1) is 20.7. The van der Waals surface area contributed by atoms with E-state index >= 15 is 0 Å². The van der Waals surface area contributed by atoms with Crippen LogP contribution in [0.5, 0.6) is 11.5 Å². The standard InChI is InChI=1S/C25H21FN4O3/c1-15-23(17-5-7-18(26)8-6-17)24-27-13-19-20(30(24)28-15)10-11-29(25(19)31)14-16-4-9-21(32-2)22(12-16)33-3/h4-13H,14H2,1-3H3. The van der Waals surface area contributed by atoms with Gasteiger partial charge in [-0.05, 0) is 48.4 Å². The molecule has 0 aliphatic heterocycles. The number of rotatable bonds is 5. The molecule has 0 saturated heterocycles. The molecule has 0 atom stereocenters. The van der Waals surface area contributed by atoms with Gasteiger partial charge in [-0.3, -0.25) is 4.79 Å². The Labute approximate surface area is 188 Å². The molecule has 3 heterocycles. The highest BCUT2D eigenvalue weighted by molar-refractivity contribution is 5.86. The van der Waals surface area contributed by atoms with Gasteiger partial charge in [-0.1, -0.05) is 18.2 Å². The van der Waals surface area contributed by atoms with Gasteiger partial charge in [0.2, 0.25) is 0 Å². The second-order valence-electron chi connectivity index (χ2n) is 7.70. The lowest BCUT2D eigenvalue weighted by Gasteiger charge is -2.11. The fraction of sp³-hybridized carbons (Fsp3) is 0.160. The van der Waals surface area contributed by atoms with Crippen molar-refractivity contribution in [3.8, 4) is 22.6 Å². The molecule has 0 saturated carbocycles. The van der Waals surface area contributed by atoms with Gasteiger partial charge in [-0.15, -0.1) is 0 Å². The van der Waals surface area contributed by atoms with Gasteiger partial charge in [0.15, 0.2) is 17.1 Å². The van der Waals surface area contributed by atoms with E-state index in [1.165, 1.54) is 12.1 Å². The molecule has 0 radical (unpaired) electrons. The largest absolute Gasteiger partial charge is 0.493 e. The molecule has 0 spiro atoms. The molecule has 0 unspecified atom stereocenters. The van der Waals surface area contributed by atoms with E-state index in [2.05, 4.69) is 10.1 Å². The predicted molar refractivity (Wildman–Crippen MR) is 124 cm³/mol. The van der Waals surface area contributed by atoms with Gasteiger partial charge in [0, 0.05) is 18.0 Å². The fourth-order valence-corrected chi connectivity index (χ4v) is 4.07. The third kappa shape index (κ3) is 3.49. The normalized spacial score (nSPS) is 11.3. The second-order valence-corrected chi connectivity index (χ2v) is 7.70. The summed E-state index contributed by atoms with van der Waals surface area (Å²) in [7, 11) is 3.16. The summed E-state index contributed by atoms with van der Waals surface area (Å²) >= 11 is 0. The lowest BCUT2D eigenvalue weighted by atomic mass is 10.1. The molecule has 0 N–H and O–H groups in total. The van der Waals surface area contributed by atoms with Crippen molar-refractivity contribution in [2.75, 3.05) is 14.2 Å². The number of aryl methyl sites for hydroxylation is 1. The lowest BCUT2D eigenvalue weighted by Crippen LogP contribution is -2.21. The first-order chi connectivity index (χ1) is 16.0. The minimum atomic E-state index is -0.304. The van der Waals surface area contributed by atoms with Crippen LogP contribution in [0.4, 0.5) is 4.39 Å². The maximum atomic E-state index is 13.4. The summed E-state index contributed by atoms with van der Waals surface area (Å²) in [6, 6.07) is 13.6. The van der Waals surface area contributed by atoms with Gasteiger partial charge in [-0.25, -0.2) is 13.9 Å². The van der Waals surface area contributed by atoms with Crippen molar-refractivity contribution in [3.05, 3.63) is 88.4 Å². The number of halogens is 1. The molecule has 0 aliphatic carbocycles. The van der Waals surface area contributed by atoms with Crippen LogP contribution in [0.15, 0.2) is 65.7 Å². The third-order valence-corrected chi connectivity index (χ3v) is 5.69. The maximum absolute atomic E-state index is 13.4. The summed E-state index contributed by atoms with van der Waals surface area (Å²) in [5.41, 5.74) is 4.37. The van der Waals surface area contributed by atoms with Crippen LogP contribution >= 0.6 is 0 Å². The minimum absolute atomic E-state index is 0.173. The summed E-state index contributed by atoms with van der Waals surface area (Å²) in [5.74, 6) is 0.929. The number of hydrogen-bond acceptors (Lipinski definition) is 5. The molecule has 3 aromatic heterocycles. The molecule has 5 rings (SSSR count). The highest BCUT2D eigenvalue weighted by Crippen LogP contribution is 2.29. The Morgan fingerprint density at radius 3 is 2.48 bits per heavy atom. The smallest absolute Gasteiger partial charge is 0.261 e. The van der Waals surface area contributed by atoms with Crippen LogP contribution in [-0.4, -0.2) is 33.4 Å². The Balaban J connectivity index is 1.60. The van der Waals surface area contributed by atoms with E-state index in [0.29, 0.717) is 34.6 Å². The van der Waals surface area contributed by atoms with Crippen LogP contribution in [0.25, 0.3) is 27.7 Å². The Morgan fingerprint density at radius 1 is 1.00 bits per heavy atom. The summed E-state index contributed by atoms with van der Waals surface area (Å²) < 4.78 is 27.3. The zero-order valence-electron chi connectivity index (χ0n) is 18.4. The Morgan fingerprint density at radius 2 is 1.76 bits per heavy atom. The second kappa shape index (κ2) is 8.05. The molecular weight excluding hydrogens is 423 g/mol. The number of ether oxygens (including phenoxy) is 2. The van der Waals surface area contributed by atoms with Crippen molar-refractivity contribution in [2.24, 2.45) is 0 Å². The highest BCUT2D eigenvalue weighted by atomic mass is 19.1. The fourth-order valence-electron chi connectivity index (χ4n) is 4.07. The van der Waals surface area contributed by atoms with Crippen LogP contribution in [0.3, 0.4) is 0 Å². The monoisotopic (exact) mass is 444 g/mol. The average molecular weight is 444 g/mol. The number of aromatic nitrogens is 4. The van der Waals surface area contributed by atoms with Crippen LogP contribution in [0, 0.1) is 12.7 Å². The van der Waals surface area contributed by atoms with E-state index in [0.717, 1.165) is 22.4 Å². The van der Waals surface area contributed by atoms with Crippen molar-refractivity contribution < 1.29 is 13.9 Å². The van der Waals surface area contributed by atoms with E-state index in [1.807, 2.05) is 31.2 Å². The lowest BCUT2D eigenvalue weighted by molar-refractivity contribution is 0.354. The van der Waals surface area contributed by atoms with E-state index in [1.54, 1.807) is 47.8 Å². The number of methoxy groups -OCH3 is 2. The quantitative estimate of drug-likeness (QED) is 0.406. The summed E-state index contributed by atoms with van der Waals surface area (Å²) in [6.45, 7) is 2.24. The van der Waals surface area contributed by atoms with Gasteiger partial charge >= 0.3 is 0 Å². The Bertz CT molecular complexity index is 1550. The zero-order valence-corrected chi connectivity index (χ0v) is 18.4. The van der Waals surface area contributed by atoms with E-state index in [-0.39, 0.29) is 11.4 Å². The van der Waals surface area contributed by atoms with E-state index in [4.69, 9.17) is 9.47 Å². The van der Waals surface area contributed by atoms with Crippen molar-refractivity contribution >= 4 is 16.6 Å². The average Bonchev–Trinajstić information content (AvgIpc) is 3.17. The first-order valence-corrected chi connectivity index (χ1v) is 10.3. The Kier molecular flexibility index (Phi) is 5.05. The maximum Gasteiger partial charge on any atom is 0.261 e. The SMILES string of the molecule is COc1ccc(Cn2ccc3c(cnc4c(-c5ccc(F)cc5)c(C)nn43)c2=O)cc1OC. The minimum Gasteiger partial charge on any atom is -0.493 e. The van der Waals surface area contributed by atoms with Crippen molar-refractivity contribution in [2.45, 2.75) is 13.5 Å². The molecular formula is C25H21FN4O3. The number of nitrogens with zero attached hydrogens (tertiary/aromatic N) is 4. The molecule has 166 valence electrons. The number of hydrogen-bond donors (Lipinski definition) is 0. The molecule has 0 amide bonds. The molecule has 33 heavy (non-hydrogen) atoms. The summed E-state index contributed by atoms with van der Waals surface area (Å²) in [5, 5.41) is 5.08. The van der Waals surface area contributed by atoms with Gasteiger partial charge in [0.1, 0.15) is 5.82 Å². The van der Waals surface area contributed by atoms with Crippen LogP contribution in [0.2, 0.25) is 0 Å². The predicted octanol–water partition coefficient (Wildman–Crippen LogP) is 4.22. The number of benzene rings is 2. The summed E-state index contributed by atoms with van der Waals surface area (Å²) in [6.07, 6.45) is 3.32. The molecule has 7 nitrogen and oxygen atoms in total. The molecule has 2 aromatic carbocycles. The van der Waals surface area contributed by atoms with Crippen LogP contribution < -0.4 is 15.0 Å². The van der Waals surface area contributed by atoms with Crippen LogP contribution in [0.1, 0.15) is 11.3 Å². The molecule has 5 aromatic rings. The van der Waals surface area contributed by atoms with Gasteiger partial charge in [-0.2, -0.15) is 5.10 Å². The van der Waals surface area contributed by atoms with Crippen molar-refractivity contribution in [3.63, 3.8) is 0 Å². The number of fused-ring (bicyclic) bond motifs is 3. The third-order valence-electron chi connectivity index (χ3n) is 5.69. The van der Waals surface area contributed by atoms with Crippen molar-refractivity contribution in [1.29, 1.82) is 0 Å². The summed E-state index contributed by atoms with van der Waals surface area (Å²) in [4.78, 5) is 17.8. The van der Waals surface area contributed by atoms with Crippen LogP contribution in [-0.2, 0) is 6.54 Å². The molecule has 0 bridgehead atoms. The molecule has 0 aliphatic rings. The van der Waals surface area contributed by atoms with Gasteiger partial charge in [0.25, 0.3) is 5.56 Å². The Hall–Kier alpha value is -4.20. The van der Waals surface area contributed by atoms with Gasteiger partial charge < -0.3 is 14.0 Å². The van der Waals surface area contributed by atoms with E-state index < -0.39 is 0 Å². The molecule has 0 fully saturated rings.